The van der Waals surface area contributed by atoms with E-state index in [1.54, 1.807) is 0 Å². The molecule has 0 radical (unpaired) electrons. The van der Waals surface area contributed by atoms with Crippen LogP contribution in [-0.2, 0) is 6.42 Å². The van der Waals surface area contributed by atoms with E-state index in [-0.39, 0.29) is 0 Å². The van der Waals surface area contributed by atoms with Crippen molar-refractivity contribution in [3.8, 4) is 0 Å². The monoisotopic (exact) mass is 163 g/mol. The number of fused-ring (bicyclic) bond motifs is 1. The first kappa shape index (κ1) is 9.24. The molecule has 0 amide bonds. The summed E-state index contributed by atoms with van der Waals surface area (Å²) in [4.78, 5) is 4.31. The summed E-state index contributed by atoms with van der Waals surface area (Å²) in [6.45, 7) is 6.27. The molecule has 0 saturated heterocycles. The second-order valence-corrected chi connectivity index (χ2v) is 2.98. The molecule has 0 bridgehead atoms. The Morgan fingerprint density at radius 2 is 2.17 bits per heavy atom. The molecule has 1 atom stereocenters. The maximum Gasteiger partial charge on any atom is 0.0438 e. The number of hydrogen-bond donors (Lipinski definition) is 0. The van der Waals surface area contributed by atoms with E-state index in [0.29, 0.717) is 0 Å². The molecule has 0 aromatic carbocycles. The molecule has 2 rings (SSSR count). The Balaban J connectivity index is 0.000000336. The number of aromatic nitrogens is 1. The van der Waals surface area contributed by atoms with Crippen LogP contribution in [0.25, 0.3) is 0 Å². The van der Waals surface area contributed by atoms with Crippen LogP contribution >= 0.6 is 0 Å². The van der Waals surface area contributed by atoms with Crippen LogP contribution in [0, 0.1) is 0 Å². The van der Waals surface area contributed by atoms with Gasteiger partial charge in [0.2, 0.25) is 0 Å². The van der Waals surface area contributed by atoms with Gasteiger partial charge in [0.1, 0.15) is 0 Å². The van der Waals surface area contributed by atoms with Gasteiger partial charge < -0.3 is 0 Å². The molecule has 1 aromatic rings. The van der Waals surface area contributed by atoms with Crippen LogP contribution in [0.15, 0.2) is 18.3 Å². The van der Waals surface area contributed by atoms with Gasteiger partial charge in [-0.15, -0.1) is 0 Å². The lowest BCUT2D eigenvalue weighted by Crippen LogP contribution is -1.86. The molecule has 12 heavy (non-hydrogen) atoms. The molecule has 1 aliphatic carbocycles. The molecule has 0 fully saturated rings. The topological polar surface area (TPSA) is 12.9 Å². The largest absolute Gasteiger partial charge is 0.261 e. The van der Waals surface area contributed by atoms with E-state index in [4.69, 9.17) is 0 Å². The molecule has 0 spiro atoms. The number of aryl methyl sites for hydroxylation is 1. The molecule has 1 heterocycles. The Labute approximate surface area is 74.8 Å². The van der Waals surface area contributed by atoms with E-state index in [2.05, 4.69) is 18.0 Å². The van der Waals surface area contributed by atoms with Crippen LogP contribution in [0.2, 0.25) is 0 Å². The van der Waals surface area contributed by atoms with Gasteiger partial charge in [0.05, 0.1) is 0 Å². The van der Waals surface area contributed by atoms with Gasteiger partial charge >= 0.3 is 0 Å². The SMILES string of the molecule is CC.C[C@H]1CCc2ncccc21. The highest BCUT2D eigenvalue weighted by atomic mass is 14.7. The lowest BCUT2D eigenvalue weighted by atomic mass is 10.1. The first-order chi connectivity index (χ1) is 5.88. The average molecular weight is 163 g/mol. The third-order valence-electron chi connectivity index (χ3n) is 2.27. The highest BCUT2D eigenvalue weighted by molar-refractivity contribution is 5.28. The van der Waals surface area contributed by atoms with Gasteiger partial charge in [0.25, 0.3) is 0 Å². The minimum atomic E-state index is 0.740. The van der Waals surface area contributed by atoms with Gasteiger partial charge in [-0.25, -0.2) is 0 Å². The van der Waals surface area contributed by atoms with Crippen LogP contribution in [0.4, 0.5) is 0 Å². The molecule has 0 N–H and O–H groups in total. The van der Waals surface area contributed by atoms with E-state index in [1.165, 1.54) is 24.1 Å². The molecule has 0 unspecified atom stereocenters. The smallest absolute Gasteiger partial charge is 0.0438 e. The summed E-state index contributed by atoms with van der Waals surface area (Å²) in [5.74, 6) is 0.740. The van der Waals surface area contributed by atoms with Crippen molar-refractivity contribution in [2.45, 2.75) is 39.5 Å². The molecule has 1 aromatic heterocycles. The normalized spacial score (nSPS) is 19.4. The molecule has 0 aliphatic heterocycles. The van der Waals surface area contributed by atoms with Crippen molar-refractivity contribution in [2.24, 2.45) is 0 Å². The van der Waals surface area contributed by atoms with E-state index < -0.39 is 0 Å². The third kappa shape index (κ3) is 1.66. The van der Waals surface area contributed by atoms with Gasteiger partial charge in [-0.2, -0.15) is 0 Å². The van der Waals surface area contributed by atoms with Gasteiger partial charge in [-0.05, 0) is 30.4 Å². The maximum atomic E-state index is 4.31. The minimum Gasteiger partial charge on any atom is -0.261 e. The van der Waals surface area contributed by atoms with Crippen molar-refractivity contribution in [1.82, 2.24) is 4.98 Å². The van der Waals surface area contributed by atoms with Crippen molar-refractivity contribution < 1.29 is 0 Å². The predicted molar refractivity (Wildman–Crippen MR) is 52.3 cm³/mol. The zero-order valence-corrected chi connectivity index (χ0v) is 8.17. The van der Waals surface area contributed by atoms with Crippen molar-refractivity contribution in [2.75, 3.05) is 0 Å². The lowest BCUT2D eigenvalue weighted by molar-refractivity contribution is 0.746. The second-order valence-electron chi connectivity index (χ2n) is 2.98. The quantitative estimate of drug-likeness (QED) is 0.572. The van der Waals surface area contributed by atoms with Crippen molar-refractivity contribution in [3.63, 3.8) is 0 Å². The fraction of sp³-hybridized carbons (Fsp3) is 0.545. The number of pyridine rings is 1. The summed E-state index contributed by atoms with van der Waals surface area (Å²) in [5.41, 5.74) is 2.78. The van der Waals surface area contributed by atoms with Gasteiger partial charge in [-0.1, -0.05) is 26.8 Å². The van der Waals surface area contributed by atoms with Gasteiger partial charge in [0, 0.05) is 11.9 Å². The fourth-order valence-electron chi connectivity index (χ4n) is 1.62. The van der Waals surface area contributed by atoms with Crippen LogP contribution in [-0.4, -0.2) is 4.98 Å². The molecule has 66 valence electrons. The molecule has 1 aliphatic rings. The van der Waals surface area contributed by atoms with Crippen LogP contribution < -0.4 is 0 Å². The van der Waals surface area contributed by atoms with E-state index >= 15 is 0 Å². The van der Waals surface area contributed by atoms with Crippen molar-refractivity contribution >= 4 is 0 Å². The minimum absolute atomic E-state index is 0.740. The first-order valence-electron chi connectivity index (χ1n) is 4.81. The lowest BCUT2D eigenvalue weighted by Gasteiger charge is -2.00. The summed E-state index contributed by atoms with van der Waals surface area (Å²) in [7, 11) is 0. The Morgan fingerprint density at radius 1 is 1.42 bits per heavy atom. The Morgan fingerprint density at radius 3 is 2.83 bits per heavy atom. The molecular weight excluding hydrogens is 146 g/mol. The zero-order chi connectivity index (χ0) is 8.97. The number of nitrogens with zero attached hydrogens (tertiary/aromatic N) is 1. The molecule has 0 saturated carbocycles. The third-order valence-corrected chi connectivity index (χ3v) is 2.27. The predicted octanol–water partition coefficient (Wildman–Crippen LogP) is 3.16. The molecule has 1 heteroatoms. The van der Waals surface area contributed by atoms with E-state index in [1.807, 2.05) is 26.1 Å². The highest BCUT2D eigenvalue weighted by Gasteiger charge is 2.17. The molecular formula is C11H17N. The van der Waals surface area contributed by atoms with Gasteiger partial charge in [-0.3, -0.25) is 4.98 Å². The van der Waals surface area contributed by atoms with Crippen molar-refractivity contribution in [3.05, 3.63) is 29.6 Å². The van der Waals surface area contributed by atoms with Crippen LogP contribution in [0.3, 0.4) is 0 Å². The summed E-state index contributed by atoms with van der Waals surface area (Å²) in [6.07, 6.45) is 4.35. The maximum absolute atomic E-state index is 4.31. The summed E-state index contributed by atoms with van der Waals surface area (Å²) < 4.78 is 0. The summed E-state index contributed by atoms with van der Waals surface area (Å²) in [6, 6.07) is 4.22. The molecule has 1 nitrogen and oxygen atoms in total. The van der Waals surface area contributed by atoms with Gasteiger partial charge in [0.15, 0.2) is 0 Å². The number of rotatable bonds is 0. The zero-order valence-electron chi connectivity index (χ0n) is 8.17. The van der Waals surface area contributed by atoms with Crippen LogP contribution in [0.5, 0.6) is 0 Å². The summed E-state index contributed by atoms with van der Waals surface area (Å²) >= 11 is 0. The van der Waals surface area contributed by atoms with Crippen LogP contribution in [0.1, 0.15) is 44.4 Å². The van der Waals surface area contributed by atoms with E-state index in [0.717, 1.165) is 5.92 Å². The van der Waals surface area contributed by atoms with E-state index in [9.17, 15) is 0 Å². The first-order valence-corrected chi connectivity index (χ1v) is 4.81. The second kappa shape index (κ2) is 4.24. The highest BCUT2D eigenvalue weighted by Crippen LogP contribution is 2.30. The Kier molecular flexibility index (Phi) is 3.27. The Bertz CT molecular complexity index is 243. The summed E-state index contributed by atoms with van der Waals surface area (Å²) in [5, 5.41) is 0. The fourth-order valence-corrected chi connectivity index (χ4v) is 1.62. The average Bonchev–Trinajstić information content (AvgIpc) is 2.53. The standard InChI is InChI=1S/C9H11N.C2H6/c1-7-4-5-9-8(7)3-2-6-10-9;1-2/h2-3,6-7H,4-5H2,1H3;1-2H3/t7-;/m0./s1. The number of hydrogen-bond acceptors (Lipinski definition) is 1. The Hall–Kier alpha value is -0.850. The van der Waals surface area contributed by atoms with Crippen molar-refractivity contribution in [1.29, 1.82) is 0 Å².